The lowest BCUT2D eigenvalue weighted by Crippen LogP contribution is -2.45. The van der Waals surface area contributed by atoms with Crippen LogP contribution in [0.3, 0.4) is 0 Å². The summed E-state index contributed by atoms with van der Waals surface area (Å²) in [5.74, 6) is 1.09. The van der Waals surface area contributed by atoms with E-state index in [0.717, 1.165) is 16.6 Å². The lowest BCUT2D eigenvalue weighted by molar-refractivity contribution is -0.0227. The van der Waals surface area contributed by atoms with E-state index in [0.29, 0.717) is 38.0 Å². The van der Waals surface area contributed by atoms with Crippen LogP contribution >= 0.6 is 15.9 Å². The second-order valence-corrected chi connectivity index (χ2v) is 6.05. The predicted molar refractivity (Wildman–Crippen MR) is 84.2 cm³/mol. The Kier molecular flexibility index (Phi) is 5.20. The largest absolute Gasteiger partial charge is 0.419 e. The van der Waals surface area contributed by atoms with Crippen molar-refractivity contribution >= 4 is 15.9 Å². The third-order valence-electron chi connectivity index (χ3n) is 3.72. The minimum absolute atomic E-state index is 0.149. The molecule has 0 amide bonds. The molecule has 0 bridgehead atoms. The summed E-state index contributed by atoms with van der Waals surface area (Å²) >= 11 is 3.49. The van der Waals surface area contributed by atoms with Crippen molar-refractivity contribution in [1.29, 1.82) is 0 Å². The molecule has 1 atom stereocenters. The van der Waals surface area contributed by atoms with E-state index in [1.54, 1.807) is 0 Å². The number of halogens is 1. The van der Waals surface area contributed by atoms with Gasteiger partial charge in [-0.25, -0.2) is 0 Å². The molecule has 0 unspecified atom stereocenters. The third kappa shape index (κ3) is 3.55. The first-order valence-electron chi connectivity index (χ1n) is 7.28. The van der Waals surface area contributed by atoms with Crippen LogP contribution in [0, 0.1) is 0 Å². The van der Waals surface area contributed by atoms with E-state index in [9.17, 15) is 0 Å². The van der Waals surface area contributed by atoms with Crippen LogP contribution in [0.2, 0.25) is 0 Å². The maximum absolute atomic E-state index is 9.15. The van der Waals surface area contributed by atoms with Gasteiger partial charge in [0.1, 0.15) is 0 Å². The molecule has 0 spiro atoms. The molecule has 1 fully saturated rings. The Hall–Kier alpha value is -1.28. The molecular formula is C15H18BrN3O3. The van der Waals surface area contributed by atoms with Gasteiger partial charge in [-0.1, -0.05) is 12.1 Å². The summed E-state index contributed by atoms with van der Waals surface area (Å²) in [7, 11) is 0. The number of aliphatic hydroxyl groups excluding tert-OH is 1. The van der Waals surface area contributed by atoms with E-state index in [1.165, 1.54) is 0 Å². The van der Waals surface area contributed by atoms with Crippen LogP contribution in [0.15, 0.2) is 33.2 Å². The van der Waals surface area contributed by atoms with E-state index in [2.05, 4.69) is 31.0 Å². The van der Waals surface area contributed by atoms with Gasteiger partial charge >= 0.3 is 0 Å². The van der Waals surface area contributed by atoms with Crippen molar-refractivity contribution in [2.75, 3.05) is 26.4 Å². The number of rotatable bonds is 5. The average Bonchev–Trinajstić information content (AvgIpc) is 2.98. The van der Waals surface area contributed by atoms with Crippen LogP contribution in [0.4, 0.5) is 0 Å². The summed E-state index contributed by atoms with van der Waals surface area (Å²) in [6.45, 7) is 2.85. The molecule has 1 aliphatic heterocycles. The highest BCUT2D eigenvalue weighted by Gasteiger charge is 2.24. The molecule has 0 saturated carbocycles. The Balaban J connectivity index is 1.72. The van der Waals surface area contributed by atoms with Crippen LogP contribution in [0.25, 0.3) is 11.5 Å². The molecular weight excluding hydrogens is 350 g/mol. The molecule has 22 heavy (non-hydrogen) atoms. The maximum atomic E-state index is 9.15. The minimum atomic E-state index is 0.149. The molecule has 3 rings (SSSR count). The molecule has 118 valence electrons. The second-order valence-electron chi connectivity index (χ2n) is 5.19. The summed E-state index contributed by atoms with van der Waals surface area (Å²) in [6.07, 6.45) is 0.686. The highest BCUT2D eigenvalue weighted by atomic mass is 79.9. The molecule has 1 aromatic heterocycles. The zero-order valence-corrected chi connectivity index (χ0v) is 13.7. The van der Waals surface area contributed by atoms with Crippen molar-refractivity contribution in [3.05, 3.63) is 34.6 Å². The second kappa shape index (κ2) is 7.32. The van der Waals surface area contributed by atoms with Crippen LogP contribution in [-0.2, 0) is 11.3 Å². The van der Waals surface area contributed by atoms with Crippen molar-refractivity contribution in [3.8, 4) is 11.5 Å². The first kappa shape index (κ1) is 15.6. The number of aliphatic hydroxyl groups is 1. The van der Waals surface area contributed by atoms with Gasteiger partial charge in [0.25, 0.3) is 0 Å². The molecule has 1 aliphatic rings. The van der Waals surface area contributed by atoms with Crippen molar-refractivity contribution in [2.24, 2.45) is 0 Å². The summed E-state index contributed by atoms with van der Waals surface area (Å²) in [5, 5.41) is 17.4. The predicted octanol–water partition coefficient (Wildman–Crippen LogP) is 2.08. The van der Waals surface area contributed by atoms with Gasteiger partial charge in [-0.05, 0) is 34.5 Å². The fourth-order valence-corrected chi connectivity index (χ4v) is 3.00. The summed E-state index contributed by atoms with van der Waals surface area (Å²) < 4.78 is 12.2. The van der Waals surface area contributed by atoms with Gasteiger partial charge in [-0.3, -0.25) is 4.90 Å². The van der Waals surface area contributed by atoms with Crippen molar-refractivity contribution in [2.45, 2.75) is 19.0 Å². The Labute approximate surface area is 137 Å². The molecule has 6 nitrogen and oxygen atoms in total. The monoisotopic (exact) mass is 367 g/mol. The molecule has 2 aromatic rings. The number of benzene rings is 1. The molecule has 7 heteroatoms. The van der Waals surface area contributed by atoms with E-state index in [1.807, 2.05) is 24.3 Å². The first-order valence-corrected chi connectivity index (χ1v) is 8.07. The minimum Gasteiger partial charge on any atom is -0.419 e. The van der Waals surface area contributed by atoms with Gasteiger partial charge in [0.15, 0.2) is 0 Å². The van der Waals surface area contributed by atoms with E-state index in [-0.39, 0.29) is 12.6 Å². The van der Waals surface area contributed by atoms with E-state index >= 15 is 0 Å². The van der Waals surface area contributed by atoms with Gasteiger partial charge in [0.05, 0.1) is 25.3 Å². The SMILES string of the molecule is OCC[C@@H]1COCCN1Cc1nnc(-c2ccccc2Br)o1. The van der Waals surface area contributed by atoms with Crippen molar-refractivity contribution in [3.63, 3.8) is 0 Å². The van der Waals surface area contributed by atoms with Crippen molar-refractivity contribution < 1.29 is 14.3 Å². The summed E-state index contributed by atoms with van der Waals surface area (Å²) in [5.41, 5.74) is 0.884. The number of hydrogen-bond donors (Lipinski definition) is 1. The normalized spacial score (nSPS) is 19.5. The van der Waals surface area contributed by atoms with Crippen LogP contribution in [0.5, 0.6) is 0 Å². The number of morpholine rings is 1. The first-order chi connectivity index (χ1) is 10.8. The molecule has 0 radical (unpaired) electrons. The van der Waals surface area contributed by atoms with E-state index in [4.69, 9.17) is 14.3 Å². The highest BCUT2D eigenvalue weighted by Crippen LogP contribution is 2.27. The quantitative estimate of drug-likeness (QED) is 0.872. The topological polar surface area (TPSA) is 71.6 Å². The van der Waals surface area contributed by atoms with Crippen LogP contribution in [0.1, 0.15) is 12.3 Å². The number of aromatic nitrogens is 2. The standard InChI is InChI=1S/C15H18BrN3O3/c16-13-4-2-1-3-12(13)15-18-17-14(22-15)9-19-6-8-21-10-11(19)5-7-20/h1-4,11,20H,5-10H2/t11-/m1/s1. The number of nitrogens with zero attached hydrogens (tertiary/aromatic N) is 3. The van der Waals surface area contributed by atoms with Gasteiger partial charge in [-0.2, -0.15) is 0 Å². The van der Waals surface area contributed by atoms with E-state index < -0.39 is 0 Å². The van der Waals surface area contributed by atoms with Crippen LogP contribution in [-0.4, -0.2) is 52.6 Å². The summed E-state index contributed by atoms with van der Waals surface area (Å²) in [4.78, 5) is 2.22. The fraction of sp³-hybridized carbons (Fsp3) is 0.467. The maximum Gasteiger partial charge on any atom is 0.248 e. The Morgan fingerprint density at radius 2 is 2.18 bits per heavy atom. The highest BCUT2D eigenvalue weighted by molar-refractivity contribution is 9.10. The van der Waals surface area contributed by atoms with Crippen molar-refractivity contribution in [1.82, 2.24) is 15.1 Å². The van der Waals surface area contributed by atoms with Gasteiger partial charge < -0.3 is 14.3 Å². The van der Waals surface area contributed by atoms with Crippen LogP contribution < -0.4 is 0 Å². The smallest absolute Gasteiger partial charge is 0.248 e. The number of ether oxygens (including phenoxy) is 1. The zero-order chi connectivity index (χ0) is 15.4. The lowest BCUT2D eigenvalue weighted by Gasteiger charge is -2.34. The number of hydrogen-bond acceptors (Lipinski definition) is 6. The lowest BCUT2D eigenvalue weighted by atomic mass is 10.1. The van der Waals surface area contributed by atoms with Gasteiger partial charge in [0.2, 0.25) is 11.8 Å². The summed E-state index contributed by atoms with van der Waals surface area (Å²) in [6, 6.07) is 7.95. The average molecular weight is 368 g/mol. The molecule has 1 saturated heterocycles. The Bertz CT molecular complexity index is 618. The molecule has 1 aromatic carbocycles. The Morgan fingerprint density at radius 1 is 1.32 bits per heavy atom. The molecule has 2 heterocycles. The third-order valence-corrected chi connectivity index (χ3v) is 4.41. The zero-order valence-electron chi connectivity index (χ0n) is 12.1. The molecule has 1 N–H and O–H groups in total. The van der Waals surface area contributed by atoms with Gasteiger partial charge in [0, 0.05) is 23.7 Å². The Morgan fingerprint density at radius 3 is 3.00 bits per heavy atom. The van der Waals surface area contributed by atoms with Gasteiger partial charge in [-0.15, -0.1) is 10.2 Å². The molecule has 0 aliphatic carbocycles. The fourth-order valence-electron chi connectivity index (χ4n) is 2.55.